The lowest BCUT2D eigenvalue weighted by Gasteiger charge is -2.20. The van der Waals surface area contributed by atoms with Gasteiger partial charge in [-0.2, -0.15) is 0 Å². The van der Waals surface area contributed by atoms with Crippen molar-refractivity contribution in [3.63, 3.8) is 0 Å². The third-order valence-electron chi connectivity index (χ3n) is 4.34. The molecule has 4 N–H and O–H groups in total. The van der Waals surface area contributed by atoms with E-state index in [1.165, 1.54) is 51.4 Å². The smallest absolute Gasteiger partial charge is 0.206 e. The van der Waals surface area contributed by atoms with E-state index in [2.05, 4.69) is 10.7 Å². The molecule has 0 spiro atoms. The Balaban J connectivity index is 1.59. The van der Waals surface area contributed by atoms with E-state index in [0.29, 0.717) is 12.1 Å². The highest BCUT2D eigenvalue weighted by Crippen LogP contribution is 2.44. The molecular weight excluding hydrogens is 212 g/mol. The first-order valence-electron chi connectivity index (χ1n) is 7.18. The summed E-state index contributed by atoms with van der Waals surface area (Å²) in [5.41, 5.74) is 2.76. The molecule has 0 aliphatic heterocycles. The van der Waals surface area contributed by atoms with Crippen LogP contribution in [0.15, 0.2) is 4.99 Å². The minimum atomic E-state index is 0.493. The number of guanidine groups is 1. The molecule has 3 aliphatic carbocycles. The Morgan fingerprint density at radius 2 is 1.59 bits per heavy atom. The summed E-state index contributed by atoms with van der Waals surface area (Å²) in [6, 6.07) is 1.12. The van der Waals surface area contributed by atoms with Gasteiger partial charge >= 0.3 is 0 Å². The molecule has 3 rings (SSSR count). The number of hydrazine groups is 1. The van der Waals surface area contributed by atoms with Gasteiger partial charge in [-0.1, -0.05) is 12.8 Å². The molecule has 0 heterocycles. The summed E-state index contributed by atoms with van der Waals surface area (Å²) in [5, 5.41) is 3.57. The van der Waals surface area contributed by atoms with Crippen molar-refractivity contribution in [3.8, 4) is 0 Å². The Hall–Kier alpha value is -0.770. The van der Waals surface area contributed by atoms with Crippen molar-refractivity contribution >= 4 is 5.96 Å². The van der Waals surface area contributed by atoms with E-state index in [0.717, 1.165) is 17.8 Å². The van der Waals surface area contributed by atoms with Gasteiger partial charge in [-0.25, -0.2) is 10.8 Å². The van der Waals surface area contributed by atoms with E-state index < -0.39 is 0 Å². The van der Waals surface area contributed by atoms with Gasteiger partial charge < -0.3 is 5.32 Å². The molecule has 3 aliphatic rings. The Labute approximate surface area is 103 Å². The maximum Gasteiger partial charge on any atom is 0.206 e. The van der Waals surface area contributed by atoms with Crippen LogP contribution in [0.1, 0.15) is 51.4 Å². The third-order valence-corrected chi connectivity index (χ3v) is 4.34. The maximum atomic E-state index is 5.60. The fourth-order valence-corrected chi connectivity index (χ4v) is 3.02. The summed E-state index contributed by atoms with van der Waals surface area (Å²) in [7, 11) is 0. The molecule has 3 saturated carbocycles. The predicted octanol–water partition coefficient (Wildman–Crippen LogP) is 1.53. The van der Waals surface area contributed by atoms with Crippen molar-refractivity contribution in [2.45, 2.75) is 63.5 Å². The first-order valence-corrected chi connectivity index (χ1v) is 7.18. The molecule has 96 valence electrons. The highest BCUT2D eigenvalue weighted by molar-refractivity contribution is 5.79. The lowest BCUT2D eigenvalue weighted by atomic mass is 10.1. The Kier molecular flexibility index (Phi) is 3.23. The van der Waals surface area contributed by atoms with E-state index in [-0.39, 0.29) is 0 Å². The second-order valence-electron chi connectivity index (χ2n) is 5.91. The van der Waals surface area contributed by atoms with Gasteiger partial charge in [0.25, 0.3) is 0 Å². The minimum Gasteiger partial charge on any atom is -0.352 e. The van der Waals surface area contributed by atoms with Crippen LogP contribution in [0.2, 0.25) is 0 Å². The molecule has 4 heteroatoms. The van der Waals surface area contributed by atoms with Gasteiger partial charge in [-0.15, -0.1) is 0 Å². The molecule has 4 nitrogen and oxygen atoms in total. The number of nitrogens with zero attached hydrogens (tertiary/aromatic N) is 1. The van der Waals surface area contributed by atoms with Gasteiger partial charge in [0.05, 0.1) is 6.04 Å². The number of hydrogen-bond donors (Lipinski definition) is 3. The average molecular weight is 236 g/mol. The van der Waals surface area contributed by atoms with Crippen LogP contribution in [0.25, 0.3) is 0 Å². The number of rotatable bonds is 4. The molecule has 0 saturated heterocycles. The SMILES string of the molecule is NNC(=NC1CCCC1)NC(C1CC1)C1CC1. The van der Waals surface area contributed by atoms with Crippen molar-refractivity contribution < 1.29 is 0 Å². The van der Waals surface area contributed by atoms with Gasteiger partial charge in [0.2, 0.25) is 5.96 Å². The summed E-state index contributed by atoms with van der Waals surface area (Å²) in [5.74, 6) is 8.19. The predicted molar refractivity (Wildman–Crippen MR) is 69.4 cm³/mol. The highest BCUT2D eigenvalue weighted by atomic mass is 15.3. The van der Waals surface area contributed by atoms with E-state index in [9.17, 15) is 0 Å². The Morgan fingerprint density at radius 1 is 1.00 bits per heavy atom. The molecular formula is C13H24N4. The second-order valence-corrected chi connectivity index (χ2v) is 5.91. The first-order chi connectivity index (χ1) is 8.36. The molecule has 0 radical (unpaired) electrons. The fraction of sp³-hybridized carbons (Fsp3) is 0.923. The van der Waals surface area contributed by atoms with E-state index in [1.807, 2.05) is 0 Å². The minimum absolute atomic E-state index is 0.493. The summed E-state index contributed by atoms with van der Waals surface area (Å²) in [4.78, 5) is 4.72. The zero-order chi connectivity index (χ0) is 11.7. The first kappa shape index (κ1) is 11.3. The fourth-order valence-electron chi connectivity index (χ4n) is 3.02. The summed E-state index contributed by atoms with van der Waals surface area (Å²) in [6.45, 7) is 0. The van der Waals surface area contributed by atoms with Crippen molar-refractivity contribution in [1.29, 1.82) is 0 Å². The lowest BCUT2D eigenvalue weighted by molar-refractivity contribution is 0.473. The molecule has 0 aromatic carbocycles. The average Bonchev–Trinajstić information content (AvgIpc) is 3.25. The number of nitrogens with one attached hydrogen (secondary N) is 2. The second kappa shape index (κ2) is 4.84. The van der Waals surface area contributed by atoms with Crippen LogP contribution in [0.3, 0.4) is 0 Å². The quantitative estimate of drug-likeness (QED) is 0.300. The van der Waals surface area contributed by atoms with Crippen LogP contribution >= 0.6 is 0 Å². The van der Waals surface area contributed by atoms with Gasteiger partial charge in [0.15, 0.2) is 0 Å². The molecule has 0 bridgehead atoms. The molecule has 0 unspecified atom stereocenters. The molecule has 0 atom stereocenters. The highest BCUT2D eigenvalue weighted by Gasteiger charge is 2.41. The van der Waals surface area contributed by atoms with Crippen LogP contribution in [0.4, 0.5) is 0 Å². The van der Waals surface area contributed by atoms with Gasteiger partial charge in [-0.3, -0.25) is 5.43 Å². The number of hydrogen-bond acceptors (Lipinski definition) is 2. The molecule has 0 aromatic heterocycles. The summed E-state index contributed by atoms with van der Waals surface area (Å²) >= 11 is 0. The van der Waals surface area contributed by atoms with Gasteiger partial charge in [0, 0.05) is 6.04 Å². The standard InChI is InChI=1S/C13H24N4/c14-17-13(15-11-3-1-2-4-11)16-12(9-5-6-9)10-7-8-10/h9-12H,1-8,14H2,(H2,15,16,17). The van der Waals surface area contributed by atoms with E-state index in [4.69, 9.17) is 10.8 Å². The monoisotopic (exact) mass is 236 g/mol. The molecule has 0 aromatic rings. The van der Waals surface area contributed by atoms with E-state index >= 15 is 0 Å². The number of nitrogens with two attached hydrogens (primary N) is 1. The summed E-state index contributed by atoms with van der Waals surface area (Å²) in [6.07, 6.45) is 10.6. The molecule has 0 amide bonds. The van der Waals surface area contributed by atoms with Gasteiger partial charge in [0.1, 0.15) is 0 Å². The van der Waals surface area contributed by atoms with Crippen LogP contribution in [0, 0.1) is 11.8 Å². The van der Waals surface area contributed by atoms with Crippen molar-refractivity contribution in [1.82, 2.24) is 10.7 Å². The largest absolute Gasteiger partial charge is 0.352 e. The zero-order valence-corrected chi connectivity index (χ0v) is 10.5. The molecule has 3 fully saturated rings. The Bertz CT molecular complexity index is 276. The topological polar surface area (TPSA) is 62.4 Å². The van der Waals surface area contributed by atoms with Crippen LogP contribution in [-0.2, 0) is 0 Å². The van der Waals surface area contributed by atoms with Crippen LogP contribution < -0.4 is 16.6 Å². The number of aliphatic imine (C=N–C) groups is 1. The van der Waals surface area contributed by atoms with E-state index in [1.54, 1.807) is 0 Å². The van der Waals surface area contributed by atoms with Gasteiger partial charge in [-0.05, 0) is 50.4 Å². The van der Waals surface area contributed by atoms with Crippen molar-refractivity contribution in [2.24, 2.45) is 22.7 Å². The van der Waals surface area contributed by atoms with Crippen LogP contribution in [0.5, 0.6) is 0 Å². The van der Waals surface area contributed by atoms with Crippen molar-refractivity contribution in [2.75, 3.05) is 0 Å². The third kappa shape index (κ3) is 2.92. The Morgan fingerprint density at radius 3 is 2.06 bits per heavy atom. The normalized spacial score (nSPS) is 26.6. The van der Waals surface area contributed by atoms with Crippen LogP contribution in [-0.4, -0.2) is 18.0 Å². The zero-order valence-electron chi connectivity index (χ0n) is 10.5. The molecule has 17 heavy (non-hydrogen) atoms. The lowest BCUT2D eigenvalue weighted by Crippen LogP contribution is -2.48. The van der Waals surface area contributed by atoms with Crippen molar-refractivity contribution in [3.05, 3.63) is 0 Å². The maximum absolute atomic E-state index is 5.60. The summed E-state index contributed by atoms with van der Waals surface area (Å²) < 4.78 is 0.